The minimum absolute atomic E-state index is 0.0359. The monoisotopic (exact) mass is 311 g/mol. The number of hydrogen-bond acceptors (Lipinski definition) is 3. The predicted molar refractivity (Wildman–Crippen MR) is 85.0 cm³/mol. The molecule has 1 aliphatic heterocycles. The van der Waals surface area contributed by atoms with Crippen LogP contribution in [0.15, 0.2) is 47.4 Å². The Hall–Kier alpha value is -2.89. The fourth-order valence-electron chi connectivity index (χ4n) is 2.77. The van der Waals surface area contributed by atoms with Gasteiger partial charge in [-0.3, -0.25) is 14.9 Å². The maximum atomic E-state index is 12.5. The first-order valence-corrected chi connectivity index (χ1v) is 7.29. The summed E-state index contributed by atoms with van der Waals surface area (Å²) in [5.41, 5.74) is 0.785. The Morgan fingerprint density at radius 1 is 1.04 bits per heavy atom. The topological polar surface area (TPSA) is 80.2 Å². The summed E-state index contributed by atoms with van der Waals surface area (Å²) >= 11 is 0. The lowest BCUT2D eigenvalue weighted by atomic mass is 9.89. The molecule has 6 heteroatoms. The van der Waals surface area contributed by atoms with E-state index in [2.05, 4.69) is 10.6 Å². The molecule has 0 aliphatic carbocycles. The maximum absolute atomic E-state index is 12.5. The minimum Gasteiger partial charge on any atom is -0.318 e. The van der Waals surface area contributed by atoms with Crippen molar-refractivity contribution < 1.29 is 9.59 Å². The van der Waals surface area contributed by atoms with Crippen molar-refractivity contribution in [3.63, 3.8) is 0 Å². The number of carbonyl (C=O) groups excluding carboxylic acids is 2. The van der Waals surface area contributed by atoms with Gasteiger partial charge in [0, 0.05) is 11.8 Å². The number of aromatic nitrogens is 1. The lowest BCUT2D eigenvalue weighted by Crippen LogP contribution is -2.49. The Balaban J connectivity index is 2.12. The molecule has 0 bridgehead atoms. The van der Waals surface area contributed by atoms with Crippen LogP contribution in [0.25, 0.3) is 0 Å². The van der Waals surface area contributed by atoms with E-state index in [1.54, 1.807) is 37.4 Å². The number of nitrogens with one attached hydrogen (secondary N) is 2. The largest absolute Gasteiger partial charge is 0.322 e. The van der Waals surface area contributed by atoms with E-state index in [4.69, 9.17) is 0 Å². The number of pyridine rings is 1. The van der Waals surface area contributed by atoms with E-state index in [9.17, 15) is 14.4 Å². The highest BCUT2D eigenvalue weighted by atomic mass is 16.2. The van der Waals surface area contributed by atoms with Crippen LogP contribution < -0.4 is 16.2 Å². The summed E-state index contributed by atoms with van der Waals surface area (Å²) in [6, 6.07) is 10.2. The standard InChI is InChI=1S/C17H17N3O3/c1-11-5-7-13(8-6-11)17(15(22)18-16(23)19-17)10-20-9-3-4-12(2)14(20)21/h3-9H,10H2,1-2H3,(H2,18,19,22,23). The molecular weight excluding hydrogens is 294 g/mol. The van der Waals surface area contributed by atoms with Crippen LogP contribution in [-0.4, -0.2) is 16.5 Å². The molecule has 2 N–H and O–H groups in total. The molecule has 1 aromatic carbocycles. The third-order valence-corrected chi connectivity index (χ3v) is 4.10. The summed E-state index contributed by atoms with van der Waals surface area (Å²) in [4.78, 5) is 36.5. The molecule has 23 heavy (non-hydrogen) atoms. The van der Waals surface area contributed by atoms with Crippen molar-refractivity contribution in [3.8, 4) is 0 Å². The number of imide groups is 1. The summed E-state index contributed by atoms with van der Waals surface area (Å²) in [5, 5.41) is 4.96. The van der Waals surface area contributed by atoms with Gasteiger partial charge in [0.15, 0.2) is 5.54 Å². The lowest BCUT2D eigenvalue weighted by molar-refractivity contribution is -0.124. The quantitative estimate of drug-likeness (QED) is 0.836. The van der Waals surface area contributed by atoms with E-state index in [1.165, 1.54) is 4.57 Å². The molecule has 3 rings (SSSR count). The van der Waals surface area contributed by atoms with E-state index in [-0.39, 0.29) is 12.1 Å². The lowest BCUT2D eigenvalue weighted by Gasteiger charge is -2.27. The van der Waals surface area contributed by atoms with E-state index >= 15 is 0 Å². The number of urea groups is 1. The molecule has 0 saturated carbocycles. The number of rotatable bonds is 3. The average Bonchev–Trinajstić information content (AvgIpc) is 2.79. The Morgan fingerprint density at radius 3 is 2.35 bits per heavy atom. The molecule has 2 heterocycles. The fourth-order valence-corrected chi connectivity index (χ4v) is 2.77. The van der Waals surface area contributed by atoms with Gasteiger partial charge in [0.1, 0.15) is 0 Å². The van der Waals surface area contributed by atoms with Crippen LogP contribution >= 0.6 is 0 Å². The fraction of sp³-hybridized carbons (Fsp3) is 0.235. The van der Waals surface area contributed by atoms with Crippen molar-refractivity contribution in [3.05, 3.63) is 69.6 Å². The van der Waals surface area contributed by atoms with Crippen LogP contribution in [0, 0.1) is 13.8 Å². The van der Waals surface area contributed by atoms with Gasteiger partial charge in [-0.15, -0.1) is 0 Å². The summed E-state index contributed by atoms with van der Waals surface area (Å²) in [6.07, 6.45) is 1.61. The molecule has 1 atom stereocenters. The number of hydrogen-bond donors (Lipinski definition) is 2. The molecule has 1 unspecified atom stereocenters. The van der Waals surface area contributed by atoms with Gasteiger partial charge in [-0.2, -0.15) is 0 Å². The van der Waals surface area contributed by atoms with Gasteiger partial charge >= 0.3 is 6.03 Å². The average molecular weight is 311 g/mol. The van der Waals surface area contributed by atoms with Gasteiger partial charge in [0.2, 0.25) is 0 Å². The number of aryl methyl sites for hydroxylation is 2. The van der Waals surface area contributed by atoms with Crippen LogP contribution in [0.2, 0.25) is 0 Å². The number of nitrogens with zero attached hydrogens (tertiary/aromatic N) is 1. The molecule has 1 aromatic heterocycles. The van der Waals surface area contributed by atoms with Crippen LogP contribution in [0.1, 0.15) is 16.7 Å². The van der Waals surface area contributed by atoms with Crippen molar-refractivity contribution >= 4 is 11.9 Å². The molecule has 0 radical (unpaired) electrons. The number of benzene rings is 1. The summed E-state index contributed by atoms with van der Waals surface area (Å²) < 4.78 is 1.44. The van der Waals surface area contributed by atoms with Gasteiger partial charge < -0.3 is 9.88 Å². The van der Waals surface area contributed by atoms with Gasteiger partial charge in [0.05, 0.1) is 6.54 Å². The molecule has 1 saturated heterocycles. The first-order valence-electron chi connectivity index (χ1n) is 7.29. The van der Waals surface area contributed by atoms with Crippen LogP contribution in [-0.2, 0) is 16.9 Å². The first kappa shape index (κ1) is 15.0. The normalized spacial score (nSPS) is 20.3. The van der Waals surface area contributed by atoms with Crippen LogP contribution in [0.5, 0.6) is 0 Å². The van der Waals surface area contributed by atoms with Crippen molar-refractivity contribution in [1.82, 2.24) is 15.2 Å². The van der Waals surface area contributed by atoms with Crippen molar-refractivity contribution in [2.24, 2.45) is 0 Å². The molecular formula is C17H17N3O3. The molecule has 2 aromatic rings. The van der Waals surface area contributed by atoms with Gasteiger partial charge in [0.25, 0.3) is 11.5 Å². The molecule has 1 fully saturated rings. The van der Waals surface area contributed by atoms with Crippen LogP contribution in [0.3, 0.4) is 0 Å². The van der Waals surface area contributed by atoms with E-state index in [0.717, 1.165) is 5.56 Å². The molecule has 118 valence electrons. The first-order chi connectivity index (χ1) is 10.9. The highest BCUT2D eigenvalue weighted by molar-refractivity contribution is 6.07. The molecule has 1 aliphatic rings. The summed E-state index contributed by atoms with van der Waals surface area (Å²) in [6.45, 7) is 3.69. The SMILES string of the molecule is Cc1ccc(C2(Cn3cccc(C)c3=O)NC(=O)NC2=O)cc1. The molecule has 0 spiro atoms. The zero-order chi connectivity index (χ0) is 16.6. The minimum atomic E-state index is -1.29. The van der Waals surface area contributed by atoms with E-state index in [1.807, 2.05) is 19.1 Å². The number of amides is 3. The van der Waals surface area contributed by atoms with Gasteiger partial charge in [-0.05, 0) is 25.5 Å². The molecule has 6 nitrogen and oxygen atoms in total. The van der Waals surface area contributed by atoms with E-state index < -0.39 is 17.5 Å². The third kappa shape index (κ3) is 2.52. The zero-order valence-corrected chi connectivity index (χ0v) is 12.9. The van der Waals surface area contributed by atoms with Crippen molar-refractivity contribution in [1.29, 1.82) is 0 Å². The Bertz CT molecular complexity index is 839. The predicted octanol–water partition coefficient (Wildman–Crippen LogP) is 1.20. The Morgan fingerprint density at radius 2 is 1.74 bits per heavy atom. The van der Waals surface area contributed by atoms with Crippen LogP contribution in [0.4, 0.5) is 4.79 Å². The van der Waals surface area contributed by atoms with Gasteiger partial charge in [-0.1, -0.05) is 35.9 Å². The Kier molecular flexibility index (Phi) is 3.52. The smallest absolute Gasteiger partial charge is 0.318 e. The second-order valence-corrected chi connectivity index (χ2v) is 5.80. The number of carbonyl (C=O) groups is 2. The van der Waals surface area contributed by atoms with E-state index in [0.29, 0.717) is 11.1 Å². The highest BCUT2D eigenvalue weighted by Gasteiger charge is 2.48. The maximum Gasteiger partial charge on any atom is 0.322 e. The molecule has 3 amide bonds. The van der Waals surface area contributed by atoms with Crippen molar-refractivity contribution in [2.75, 3.05) is 0 Å². The third-order valence-electron chi connectivity index (χ3n) is 4.10. The van der Waals surface area contributed by atoms with Crippen molar-refractivity contribution in [2.45, 2.75) is 25.9 Å². The zero-order valence-electron chi connectivity index (χ0n) is 12.9. The Labute approximate surface area is 133 Å². The summed E-state index contributed by atoms with van der Waals surface area (Å²) in [7, 11) is 0. The summed E-state index contributed by atoms with van der Waals surface area (Å²) in [5.74, 6) is -0.459. The second kappa shape index (κ2) is 5.39. The second-order valence-electron chi connectivity index (χ2n) is 5.80. The highest BCUT2D eigenvalue weighted by Crippen LogP contribution is 2.27. The van der Waals surface area contributed by atoms with Gasteiger partial charge in [-0.25, -0.2) is 4.79 Å².